The monoisotopic (exact) mass is 393 g/mol. The molecule has 28 heavy (non-hydrogen) atoms. The molecule has 1 aromatic heterocycles. The maximum Gasteiger partial charge on any atom is 0.263 e. The van der Waals surface area contributed by atoms with Crippen LogP contribution in [0.4, 0.5) is 5.95 Å². The van der Waals surface area contributed by atoms with E-state index in [2.05, 4.69) is 6.07 Å². The normalized spacial score (nSPS) is 16.9. The third-order valence-corrected chi connectivity index (χ3v) is 5.43. The minimum absolute atomic E-state index is 0.0347. The first-order chi connectivity index (χ1) is 13.6. The van der Waals surface area contributed by atoms with E-state index in [4.69, 9.17) is 22.3 Å². The maximum atomic E-state index is 13.4. The summed E-state index contributed by atoms with van der Waals surface area (Å²) < 4.78 is 1.63. The second-order valence-corrected chi connectivity index (χ2v) is 7.46. The van der Waals surface area contributed by atoms with Gasteiger partial charge in [-0.15, -0.1) is 0 Å². The Balaban J connectivity index is 1.92. The summed E-state index contributed by atoms with van der Waals surface area (Å²) in [4.78, 5) is 20.2. The van der Waals surface area contributed by atoms with Crippen LogP contribution in [0.1, 0.15) is 24.0 Å². The molecule has 6 nitrogen and oxygen atoms in total. The van der Waals surface area contributed by atoms with Gasteiger partial charge in [0, 0.05) is 19.1 Å². The van der Waals surface area contributed by atoms with Gasteiger partial charge >= 0.3 is 0 Å². The van der Waals surface area contributed by atoms with Crippen molar-refractivity contribution in [2.24, 2.45) is 5.73 Å². The zero-order valence-electron chi connectivity index (χ0n) is 15.3. The molecule has 0 amide bonds. The van der Waals surface area contributed by atoms with Gasteiger partial charge in [0.1, 0.15) is 0 Å². The fraction of sp³-hybridized carbons (Fsp3) is 0.286. The van der Waals surface area contributed by atoms with Crippen LogP contribution in [0.15, 0.2) is 47.3 Å². The molecule has 0 spiro atoms. The predicted octanol–water partition coefficient (Wildman–Crippen LogP) is 2.90. The van der Waals surface area contributed by atoms with Crippen LogP contribution >= 0.6 is 11.6 Å². The Morgan fingerprint density at radius 3 is 2.86 bits per heavy atom. The standard InChI is InChI=1S/C21H20ClN5O/c22-18-9-3-8-17-19(18)25-21(26-10-4-7-16(24)13-26)27(20(17)28)12-15-6-2-1-5-14(15)11-23/h1-3,5-6,8-9,16H,4,7,10,12-13,24H2/t16-/m1/s1. The molecule has 142 valence electrons. The molecule has 0 bridgehead atoms. The number of nitrogens with two attached hydrogens (primary N) is 1. The lowest BCUT2D eigenvalue weighted by Gasteiger charge is -2.33. The Hall–Kier alpha value is -2.88. The summed E-state index contributed by atoms with van der Waals surface area (Å²) in [6.07, 6.45) is 1.89. The lowest BCUT2D eigenvalue weighted by Crippen LogP contribution is -2.45. The molecule has 1 saturated heterocycles. The SMILES string of the molecule is N#Cc1ccccc1Cn1c(N2CCC[C@@H](N)C2)nc2c(Cl)cccc2c1=O. The van der Waals surface area contributed by atoms with Crippen molar-refractivity contribution in [1.29, 1.82) is 5.26 Å². The van der Waals surface area contributed by atoms with E-state index in [9.17, 15) is 10.1 Å². The first-order valence-corrected chi connectivity index (χ1v) is 9.64. The molecule has 3 aromatic rings. The van der Waals surface area contributed by atoms with E-state index in [1.165, 1.54) is 0 Å². The van der Waals surface area contributed by atoms with Crippen molar-refractivity contribution in [1.82, 2.24) is 9.55 Å². The molecule has 1 aliphatic rings. The van der Waals surface area contributed by atoms with Gasteiger partial charge in [0.15, 0.2) is 0 Å². The largest absolute Gasteiger partial charge is 0.341 e. The number of rotatable bonds is 3. The number of piperidine rings is 1. The van der Waals surface area contributed by atoms with E-state index in [1.807, 2.05) is 23.1 Å². The van der Waals surface area contributed by atoms with Gasteiger partial charge in [0.05, 0.1) is 34.1 Å². The van der Waals surface area contributed by atoms with Crippen LogP contribution < -0.4 is 16.2 Å². The van der Waals surface area contributed by atoms with E-state index in [1.54, 1.807) is 28.8 Å². The number of halogens is 1. The second kappa shape index (κ2) is 7.63. The molecule has 0 radical (unpaired) electrons. The molecule has 0 unspecified atom stereocenters. The summed E-state index contributed by atoms with van der Waals surface area (Å²) in [5.74, 6) is 0.550. The Morgan fingerprint density at radius 2 is 2.07 bits per heavy atom. The summed E-state index contributed by atoms with van der Waals surface area (Å²) in [6.45, 7) is 1.66. The number of hydrogen-bond acceptors (Lipinski definition) is 5. The number of benzene rings is 2. The van der Waals surface area contributed by atoms with E-state index in [0.717, 1.165) is 24.9 Å². The number of fused-ring (bicyclic) bond motifs is 1. The van der Waals surface area contributed by atoms with Crippen molar-refractivity contribution in [3.63, 3.8) is 0 Å². The molecule has 0 aliphatic carbocycles. The van der Waals surface area contributed by atoms with Gasteiger partial charge in [-0.2, -0.15) is 5.26 Å². The smallest absolute Gasteiger partial charge is 0.263 e. The minimum Gasteiger partial charge on any atom is -0.341 e. The fourth-order valence-corrected chi connectivity index (χ4v) is 3.93. The lowest BCUT2D eigenvalue weighted by atomic mass is 10.1. The summed E-state index contributed by atoms with van der Waals surface area (Å²) in [5, 5.41) is 10.3. The van der Waals surface area contributed by atoms with Crippen molar-refractivity contribution in [2.45, 2.75) is 25.4 Å². The van der Waals surface area contributed by atoms with E-state index in [-0.39, 0.29) is 18.1 Å². The van der Waals surface area contributed by atoms with Crippen LogP contribution in [-0.2, 0) is 6.54 Å². The van der Waals surface area contributed by atoms with E-state index in [0.29, 0.717) is 34.0 Å². The third kappa shape index (κ3) is 3.35. The number of nitrogens with zero attached hydrogens (tertiary/aromatic N) is 4. The number of anilines is 1. The average Bonchev–Trinajstić information content (AvgIpc) is 2.71. The Labute approximate surface area is 167 Å². The van der Waals surface area contributed by atoms with Gasteiger partial charge < -0.3 is 10.6 Å². The molecule has 2 N–H and O–H groups in total. The first kappa shape index (κ1) is 18.5. The van der Waals surface area contributed by atoms with Crippen molar-refractivity contribution in [3.8, 4) is 6.07 Å². The predicted molar refractivity (Wildman–Crippen MR) is 111 cm³/mol. The van der Waals surface area contributed by atoms with Crippen molar-refractivity contribution in [3.05, 3.63) is 69.0 Å². The number of nitriles is 1. The third-order valence-electron chi connectivity index (χ3n) is 5.12. The topological polar surface area (TPSA) is 87.9 Å². The number of para-hydroxylation sites is 1. The van der Waals surface area contributed by atoms with Crippen LogP contribution in [0, 0.1) is 11.3 Å². The maximum absolute atomic E-state index is 13.4. The Kier molecular flexibility index (Phi) is 5.03. The highest BCUT2D eigenvalue weighted by molar-refractivity contribution is 6.35. The second-order valence-electron chi connectivity index (χ2n) is 7.06. The van der Waals surface area contributed by atoms with Gasteiger partial charge in [0.2, 0.25) is 5.95 Å². The molecular weight excluding hydrogens is 374 g/mol. The van der Waals surface area contributed by atoms with E-state index >= 15 is 0 Å². The first-order valence-electron chi connectivity index (χ1n) is 9.26. The minimum atomic E-state index is -0.172. The van der Waals surface area contributed by atoms with Crippen LogP contribution in [0.5, 0.6) is 0 Å². The molecule has 4 rings (SSSR count). The molecular formula is C21H20ClN5O. The van der Waals surface area contributed by atoms with Gasteiger partial charge in [-0.3, -0.25) is 9.36 Å². The molecule has 1 aliphatic heterocycles. The molecule has 1 atom stereocenters. The zero-order chi connectivity index (χ0) is 19.7. The highest BCUT2D eigenvalue weighted by atomic mass is 35.5. The van der Waals surface area contributed by atoms with Gasteiger partial charge in [-0.05, 0) is 36.6 Å². The molecule has 2 heterocycles. The van der Waals surface area contributed by atoms with Gasteiger partial charge in [-0.1, -0.05) is 35.9 Å². The summed E-state index contributed by atoms with van der Waals surface area (Å²) in [6, 6.07) is 14.7. The van der Waals surface area contributed by atoms with Crippen molar-refractivity contribution < 1.29 is 0 Å². The van der Waals surface area contributed by atoms with Crippen LogP contribution in [-0.4, -0.2) is 28.7 Å². The van der Waals surface area contributed by atoms with Crippen LogP contribution in [0.25, 0.3) is 10.9 Å². The zero-order valence-corrected chi connectivity index (χ0v) is 16.1. The van der Waals surface area contributed by atoms with Crippen LogP contribution in [0.2, 0.25) is 5.02 Å². The summed E-state index contributed by atoms with van der Waals surface area (Å²) in [5.41, 5.74) is 7.81. The molecule has 0 saturated carbocycles. The lowest BCUT2D eigenvalue weighted by molar-refractivity contribution is 0.492. The number of hydrogen-bond donors (Lipinski definition) is 1. The average molecular weight is 394 g/mol. The van der Waals surface area contributed by atoms with Crippen LogP contribution in [0.3, 0.4) is 0 Å². The highest BCUT2D eigenvalue weighted by Gasteiger charge is 2.23. The summed E-state index contributed by atoms with van der Waals surface area (Å²) >= 11 is 6.33. The quantitative estimate of drug-likeness (QED) is 0.739. The van der Waals surface area contributed by atoms with Crippen molar-refractivity contribution in [2.75, 3.05) is 18.0 Å². The molecule has 7 heteroatoms. The van der Waals surface area contributed by atoms with Gasteiger partial charge in [0.25, 0.3) is 5.56 Å². The Morgan fingerprint density at radius 1 is 1.25 bits per heavy atom. The number of aromatic nitrogens is 2. The molecule has 2 aromatic carbocycles. The van der Waals surface area contributed by atoms with Crippen molar-refractivity contribution >= 4 is 28.5 Å². The summed E-state index contributed by atoms with van der Waals surface area (Å²) in [7, 11) is 0. The molecule has 1 fully saturated rings. The Bertz CT molecular complexity index is 1130. The van der Waals surface area contributed by atoms with E-state index < -0.39 is 0 Å². The fourth-order valence-electron chi connectivity index (χ4n) is 3.71. The van der Waals surface area contributed by atoms with Gasteiger partial charge in [-0.25, -0.2) is 4.98 Å². The highest BCUT2D eigenvalue weighted by Crippen LogP contribution is 2.25.